The van der Waals surface area contributed by atoms with Crippen molar-refractivity contribution in [1.82, 2.24) is 15.1 Å². The monoisotopic (exact) mass is 285 g/mol. The third kappa shape index (κ3) is 2.95. The van der Waals surface area contributed by atoms with Gasteiger partial charge in [0.05, 0.1) is 11.3 Å². The molecule has 4 heteroatoms. The first kappa shape index (κ1) is 14.1. The Kier molecular flexibility index (Phi) is 3.72. The standard InChI is InChI=1S/C17H23N3O/c1-11-6-5-7-12(2)16(11)21-17-15(10-18-14-8-9-14)13(3)19-20(17)4/h5-7,14,18H,8-10H2,1-4H3. The van der Waals surface area contributed by atoms with Crippen molar-refractivity contribution in [2.45, 2.75) is 46.2 Å². The average molecular weight is 285 g/mol. The Morgan fingerprint density at radius 1 is 1.24 bits per heavy atom. The SMILES string of the molecule is Cc1cccc(C)c1Oc1c(CNC2CC2)c(C)nn1C. The normalized spacial score (nSPS) is 14.5. The van der Waals surface area contributed by atoms with Gasteiger partial charge in [0.25, 0.3) is 0 Å². The average Bonchev–Trinajstić information content (AvgIpc) is 3.20. The second-order valence-electron chi connectivity index (χ2n) is 5.97. The van der Waals surface area contributed by atoms with Gasteiger partial charge in [-0.15, -0.1) is 0 Å². The first-order chi connectivity index (χ1) is 10.1. The summed E-state index contributed by atoms with van der Waals surface area (Å²) in [7, 11) is 1.94. The quantitative estimate of drug-likeness (QED) is 0.915. The zero-order valence-corrected chi connectivity index (χ0v) is 13.2. The number of nitrogens with zero attached hydrogens (tertiary/aromatic N) is 2. The molecule has 0 bridgehead atoms. The first-order valence-electron chi connectivity index (χ1n) is 7.56. The molecule has 0 atom stereocenters. The van der Waals surface area contributed by atoms with E-state index in [1.165, 1.54) is 12.8 Å². The van der Waals surface area contributed by atoms with Gasteiger partial charge in [0.2, 0.25) is 5.88 Å². The van der Waals surface area contributed by atoms with Crippen LogP contribution in [0.15, 0.2) is 18.2 Å². The van der Waals surface area contributed by atoms with Gasteiger partial charge in [-0.2, -0.15) is 5.10 Å². The smallest absolute Gasteiger partial charge is 0.222 e. The Labute approximate surface area is 126 Å². The summed E-state index contributed by atoms with van der Waals surface area (Å²) in [4.78, 5) is 0. The molecule has 0 unspecified atom stereocenters. The third-order valence-electron chi connectivity index (χ3n) is 4.04. The second-order valence-corrected chi connectivity index (χ2v) is 5.97. The highest BCUT2D eigenvalue weighted by Gasteiger charge is 2.23. The summed E-state index contributed by atoms with van der Waals surface area (Å²) in [5, 5.41) is 8.07. The van der Waals surface area contributed by atoms with E-state index in [9.17, 15) is 0 Å². The van der Waals surface area contributed by atoms with Gasteiger partial charge in [0.1, 0.15) is 5.75 Å². The van der Waals surface area contributed by atoms with Crippen molar-refractivity contribution in [2.75, 3.05) is 0 Å². The van der Waals surface area contributed by atoms with Crippen LogP contribution in [0.3, 0.4) is 0 Å². The van der Waals surface area contributed by atoms with E-state index in [4.69, 9.17) is 4.74 Å². The maximum absolute atomic E-state index is 6.24. The number of para-hydroxylation sites is 1. The maximum Gasteiger partial charge on any atom is 0.222 e. The van der Waals surface area contributed by atoms with Crippen molar-refractivity contribution in [3.8, 4) is 11.6 Å². The Morgan fingerprint density at radius 3 is 2.52 bits per heavy atom. The van der Waals surface area contributed by atoms with E-state index < -0.39 is 0 Å². The predicted octanol–water partition coefficient (Wildman–Crippen LogP) is 3.39. The summed E-state index contributed by atoms with van der Waals surface area (Å²) in [6.45, 7) is 7.02. The molecule has 4 nitrogen and oxygen atoms in total. The molecule has 21 heavy (non-hydrogen) atoms. The molecule has 0 amide bonds. The minimum atomic E-state index is 0.678. The van der Waals surface area contributed by atoms with Crippen LogP contribution in [0.4, 0.5) is 0 Å². The lowest BCUT2D eigenvalue weighted by Crippen LogP contribution is -2.16. The van der Waals surface area contributed by atoms with Crippen molar-refractivity contribution in [3.05, 3.63) is 40.6 Å². The topological polar surface area (TPSA) is 39.1 Å². The molecule has 1 aliphatic carbocycles. The molecule has 1 heterocycles. The molecular weight excluding hydrogens is 262 g/mol. The van der Waals surface area contributed by atoms with Gasteiger partial charge in [-0.3, -0.25) is 0 Å². The molecule has 0 spiro atoms. The van der Waals surface area contributed by atoms with Crippen LogP contribution in [0.1, 0.15) is 35.2 Å². The summed E-state index contributed by atoms with van der Waals surface area (Å²) < 4.78 is 8.07. The van der Waals surface area contributed by atoms with Crippen LogP contribution in [0.2, 0.25) is 0 Å². The summed E-state index contributed by atoms with van der Waals surface area (Å²) in [5.41, 5.74) is 4.49. The van der Waals surface area contributed by atoms with E-state index >= 15 is 0 Å². The van der Waals surface area contributed by atoms with Crippen molar-refractivity contribution in [1.29, 1.82) is 0 Å². The number of hydrogen-bond donors (Lipinski definition) is 1. The van der Waals surface area contributed by atoms with Crippen LogP contribution in [0.5, 0.6) is 11.6 Å². The molecule has 0 aliphatic heterocycles. The number of benzene rings is 1. The number of aromatic nitrogens is 2. The zero-order valence-electron chi connectivity index (χ0n) is 13.2. The number of ether oxygens (including phenoxy) is 1. The summed E-state index contributed by atoms with van der Waals surface area (Å²) in [6, 6.07) is 6.89. The minimum absolute atomic E-state index is 0.678. The second kappa shape index (κ2) is 5.53. The Balaban J connectivity index is 1.90. The number of aryl methyl sites for hydroxylation is 4. The Bertz CT molecular complexity index is 636. The van der Waals surface area contributed by atoms with Gasteiger partial charge in [-0.1, -0.05) is 18.2 Å². The molecule has 1 aromatic heterocycles. The van der Waals surface area contributed by atoms with Gasteiger partial charge in [0, 0.05) is 19.6 Å². The van der Waals surface area contributed by atoms with Crippen LogP contribution < -0.4 is 10.1 Å². The van der Waals surface area contributed by atoms with E-state index in [0.29, 0.717) is 6.04 Å². The van der Waals surface area contributed by atoms with Crippen LogP contribution in [-0.4, -0.2) is 15.8 Å². The highest BCUT2D eigenvalue weighted by molar-refractivity contribution is 5.44. The van der Waals surface area contributed by atoms with E-state index in [-0.39, 0.29) is 0 Å². The molecule has 0 saturated heterocycles. The lowest BCUT2D eigenvalue weighted by atomic mass is 10.1. The molecule has 3 rings (SSSR count). The van der Waals surface area contributed by atoms with Gasteiger partial charge in [-0.05, 0) is 44.7 Å². The molecule has 1 N–H and O–H groups in total. The van der Waals surface area contributed by atoms with E-state index in [2.05, 4.69) is 42.5 Å². The van der Waals surface area contributed by atoms with E-state index in [1.807, 2.05) is 18.7 Å². The molecule has 1 saturated carbocycles. The predicted molar refractivity (Wildman–Crippen MR) is 83.8 cm³/mol. The van der Waals surface area contributed by atoms with Crippen molar-refractivity contribution in [2.24, 2.45) is 7.05 Å². The molecular formula is C17H23N3O. The van der Waals surface area contributed by atoms with Gasteiger partial charge < -0.3 is 10.1 Å². The number of hydrogen-bond acceptors (Lipinski definition) is 3. The molecule has 2 aromatic rings. The zero-order chi connectivity index (χ0) is 15.0. The first-order valence-corrected chi connectivity index (χ1v) is 7.56. The molecule has 112 valence electrons. The lowest BCUT2D eigenvalue weighted by molar-refractivity contribution is 0.418. The van der Waals surface area contributed by atoms with Crippen molar-refractivity contribution >= 4 is 0 Å². The van der Waals surface area contributed by atoms with Crippen LogP contribution in [-0.2, 0) is 13.6 Å². The van der Waals surface area contributed by atoms with Gasteiger partial charge in [-0.25, -0.2) is 4.68 Å². The highest BCUT2D eigenvalue weighted by Crippen LogP contribution is 2.32. The van der Waals surface area contributed by atoms with E-state index in [0.717, 1.165) is 40.6 Å². The highest BCUT2D eigenvalue weighted by atomic mass is 16.5. The summed E-state index contributed by atoms with van der Waals surface area (Å²) in [5.74, 6) is 1.78. The molecule has 0 radical (unpaired) electrons. The number of rotatable bonds is 5. The van der Waals surface area contributed by atoms with Crippen LogP contribution >= 0.6 is 0 Å². The summed E-state index contributed by atoms with van der Waals surface area (Å²) >= 11 is 0. The minimum Gasteiger partial charge on any atom is -0.438 e. The van der Waals surface area contributed by atoms with Crippen molar-refractivity contribution in [3.63, 3.8) is 0 Å². The van der Waals surface area contributed by atoms with E-state index in [1.54, 1.807) is 0 Å². The molecule has 1 aromatic carbocycles. The van der Waals surface area contributed by atoms with Crippen LogP contribution in [0, 0.1) is 20.8 Å². The lowest BCUT2D eigenvalue weighted by Gasteiger charge is -2.13. The Morgan fingerprint density at radius 2 is 1.90 bits per heavy atom. The van der Waals surface area contributed by atoms with Crippen molar-refractivity contribution < 1.29 is 4.74 Å². The number of nitrogens with one attached hydrogen (secondary N) is 1. The fourth-order valence-electron chi connectivity index (χ4n) is 2.60. The third-order valence-corrected chi connectivity index (χ3v) is 4.04. The fraction of sp³-hybridized carbons (Fsp3) is 0.471. The Hall–Kier alpha value is -1.81. The van der Waals surface area contributed by atoms with Crippen LogP contribution in [0.25, 0.3) is 0 Å². The molecule has 1 aliphatic rings. The maximum atomic E-state index is 6.24. The largest absolute Gasteiger partial charge is 0.438 e. The van der Waals surface area contributed by atoms with Gasteiger partial charge >= 0.3 is 0 Å². The molecule has 1 fully saturated rings. The summed E-state index contributed by atoms with van der Waals surface area (Å²) in [6.07, 6.45) is 2.57. The fourth-order valence-corrected chi connectivity index (χ4v) is 2.60. The van der Waals surface area contributed by atoms with Gasteiger partial charge in [0.15, 0.2) is 0 Å².